The quantitative estimate of drug-likeness (QED) is 0.0343. The lowest BCUT2D eigenvalue weighted by Gasteiger charge is -2.48. The van der Waals surface area contributed by atoms with E-state index in [1.165, 1.54) is 0 Å². The van der Waals surface area contributed by atoms with Crippen molar-refractivity contribution >= 4 is 5.97 Å². The zero-order valence-electron chi connectivity index (χ0n) is 43.5. The molecule has 2 saturated heterocycles. The lowest BCUT2D eigenvalue weighted by Crippen LogP contribution is -2.64. The van der Waals surface area contributed by atoms with Crippen LogP contribution in [-0.2, 0) is 103 Å². The summed E-state index contributed by atoms with van der Waals surface area (Å²) in [6.07, 6.45) is -7.54. The van der Waals surface area contributed by atoms with Crippen molar-refractivity contribution in [1.82, 2.24) is 0 Å². The maximum Gasteiger partial charge on any atom is 0.333 e. The molecular weight excluding hydrogens is 973 g/mol. The molecule has 0 amide bonds. The minimum Gasteiger partial charge on any atom is -0.459 e. The monoisotopic (exact) mass is 1040 g/mol. The molecule has 400 valence electrons. The topological polar surface area (TPSA) is 119 Å². The molecule has 12 heteroatoms. The molecule has 7 aromatic rings. The molecule has 0 radical (unpaired) electrons. The molecule has 0 unspecified atom stereocenters. The fourth-order valence-corrected chi connectivity index (χ4v) is 9.36. The highest BCUT2D eigenvalue weighted by molar-refractivity contribution is 5.86. The van der Waals surface area contributed by atoms with Crippen LogP contribution in [0.5, 0.6) is 0 Å². The highest BCUT2D eigenvalue weighted by Gasteiger charge is 2.62. The molecule has 9 rings (SSSR count). The van der Waals surface area contributed by atoms with Crippen LogP contribution in [0.15, 0.2) is 224 Å². The van der Waals surface area contributed by atoms with E-state index in [1.807, 2.05) is 212 Å². The second-order valence-corrected chi connectivity index (χ2v) is 19.2. The molecule has 12 nitrogen and oxygen atoms in total. The van der Waals surface area contributed by atoms with E-state index < -0.39 is 60.8 Å². The Morgan fingerprint density at radius 1 is 0.429 bits per heavy atom. The van der Waals surface area contributed by atoms with Crippen molar-refractivity contribution in [2.24, 2.45) is 0 Å². The Balaban J connectivity index is 1.15. The van der Waals surface area contributed by atoms with Gasteiger partial charge in [-0.2, -0.15) is 0 Å². The average molecular weight is 1040 g/mol. The fourth-order valence-electron chi connectivity index (χ4n) is 9.36. The second kappa shape index (κ2) is 28.6. The van der Waals surface area contributed by atoms with Gasteiger partial charge in [0.2, 0.25) is 5.79 Å². The first kappa shape index (κ1) is 55.1. The zero-order chi connectivity index (χ0) is 52.9. The number of hydrogen-bond donors (Lipinski definition) is 0. The largest absolute Gasteiger partial charge is 0.459 e. The van der Waals surface area contributed by atoms with Crippen molar-refractivity contribution in [2.75, 3.05) is 19.8 Å². The first-order chi connectivity index (χ1) is 37.9. The fraction of sp³-hybridized carbons (Fsp3) is 0.308. The number of rotatable bonds is 28. The summed E-state index contributed by atoms with van der Waals surface area (Å²) < 4.78 is 76.5. The summed E-state index contributed by atoms with van der Waals surface area (Å²) in [4.78, 5) is 13.2. The summed E-state index contributed by atoms with van der Waals surface area (Å²) in [6, 6.07) is 69.3. The first-order valence-electron chi connectivity index (χ1n) is 26.2. The number of ether oxygens (including phenoxy) is 11. The first-order valence-corrected chi connectivity index (χ1v) is 26.2. The van der Waals surface area contributed by atoms with Crippen LogP contribution in [0.2, 0.25) is 0 Å². The highest BCUT2D eigenvalue weighted by atomic mass is 16.8. The van der Waals surface area contributed by atoms with Gasteiger partial charge < -0.3 is 52.1 Å². The lowest BCUT2D eigenvalue weighted by molar-refractivity contribution is -0.398. The van der Waals surface area contributed by atoms with Gasteiger partial charge in [0.15, 0.2) is 6.29 Å². The Kier molecular flexibility index (Phi) is 20.5. The van der Waals surface area contributed by atoms with Crippen molar-refractivity contribution in [3.63, 3.8) is 0 Å². The van der Waals surface area contributed by atoms with Crippen LogP contribution in [0.3, 0.4) is 0 Å². The van der Waals surface area contributed by atoms with Gasteiger partial charge in [-0.1, -0.05) is 219 Å². The smallest absolute Gasteiger partial charge is 0.333 e. The zero-order valence-corrected chi connectivity index (χ0v) is 43.5. The molecule has 0 aromatic heterocycles. The molecule has 0 N–H and O–H groups in total. The SMILES string of the molecule is C=C(C)C(=O)OC[C@H]1O[C@@](COCc2ccccc2)(O[C@H]2O[C@H](COCc3ccccc3)[C@@H](OCc3ccccc3)[C@H](OCc3ccccc3)[C@H]2OCc2ccccc2)[C@@H](OCc2ccccc2)[C@@H]1OCc1ccccc1. The molecule has 0 aliphatic carbocycles. The van der Waals surface area contributed by atoms with Crippen LogP contribution in [0.25, 0.3) is 0 Å². The molecule has 2 heterocycles. The predicted octanol–water partition coefficient (Wildman–Crippen LogP) is 11.3. The van der Waals surface area contributed by atoms with Gasteiger partial charge in [-0.3, -0.25) is 0 Å². The third kappa shape index (κ3) is 16.0. The standard InChI is InChI=1S/C65H68O12/c1-48(2)63(66)74-46-57-59(70-41-52-30-16-6-17-31-52)62(73-44-55-36-22-9-23-37-55)65(76-57,47-68-39-50-26-12-4-13-27-50)77-64-61(72-43-54-34-20-8-21-35-54)60(71-42-53-32-18-7-19-33-53)58(69-40-51-28-14-5-15-29-51)56(75-64)45-67-38-49-24-10-3-11-25-49/h3-37,56-62,64H,1,38-47H2,2H3/t56-,57-,58-,59-,60+,61-,62+,64-,65+/m1/s1. The van der Waals surface area contributed by atoms with Crippen LogP contribution in [0.1, 0.15) is 45.9 Å². The molecule has 2 aliphatic rings. The Morgan fingerprint density at radius 3 is 1.22 bits per heavy atom. The van der Waals surface area contributed by atoms with Gasteiger partial charge >= 0.3 is 5.97 Å². The molecule has 9 atom stereocenters. The molecule has 77 heavy (non-hydrogen) atoms. The maximum atomic E-state index is 13.2. The van der Waals surface area contributed by atoms with Crippen molar-refractivity contribution in [1.29, 1.82) is 0 Å². The third-order valence-electron chi connectivity index (χ3n) is 13.3. The van der Waals surface area contributed by atoms with E-state index in [9.17, 15) is 4.79 Å². The number of carbonyl (C=O) groups is 1. The summed E-state index contributed by atoms with van der Waals surface area (Å²) in [5.41, 5.74) is 6.78. The number of benzene rings is 7. The van der Waals surface area contributed by atoms with Crippen molar-refractivity contribution in [3.05, 3.63) is 263 Å². The van der Waals surface area contributed by atoms with Crippen LogP contribution >= 0.6 is 0 Å². The predicted molar refractivity (Wildman–Crippen MR) is 290 cm³/mol. The lowest BCUT2D eigenvalue weighted by atomic mass is 9.97. The summed E-state index contributed by atoms with van der Waals surface area (Å²) >= 11 is 0. The van der Waals surface area contributed by atoms with E-state index in [0.29, 0.717) is 6.61 Å². The van der Waals surface area contributed by atoms with E-state index in [-0.39, 0.29) is 65.0 Å². The normalized spacial score (nSPS) is 23.1. The van der Waals surface area contributed by atoms with E-state index in [0.717, 1.165) is 38.9 Å². The van der Waals surface area contributed by atoms with Crippen molar-refractivity contribution in [3.8, 4) is 0 Å². The van der Waals surface area contributed by atoms with Crippen LogP contribution in [0.4, 0.5) is 0 Å². The van der Waals surface area contributed by atoms with E-state index in [2.05, 4.69) is 6.58 Å². The Labute approximate surface area is 452 Å². The van der Waals surface area contributed by atoms with E-state index in [4.69, 9.17) is 52.1 Å². The average Bonchev–Trinajstić information content (AvgIpc) is 3.76. The van der Waals surface area contributed by atoms with Crippen LogP contribution in [0, 0.1) is 0 Å². The van der Waals surface area contributed by atoms with Crippen molar-refractivity contribution < 1.29 is 56.9 Å². The summed E-state index contributed by atoms with van der Waals surface area (Å²) in [5.74, 6) is -2.42. The molecule has 0 bridgehead atoms. The van der Waals surface area contributed by atoms with Gasteiger partial charge in [0.25, 0.3) is 0 Å². The van der Waals surface area contributed by atoms with E-state index in [1.54, 1.807) is 6.92 Å². The van der Waals surface area contributed by atoms with Gasteiger partial charge in [0.1, 0.15) is 55.9 Å². The van der Waals surface area contributed by atoms with Gasteiger partial charge in [-0.05, 0) is 45.9 Å². The van der Waals surface area contributed by atoms with Crippen LogP contribution in [-0.4, -0.2) is 80.6 Å². The molecule has 2 aliphatic heterocycles. The Hall–Kier alpha value is -6.65. The Morgan fingerprint density at radius 2 is 0.792 bits per heavy atom. The third-order valence-corrected chi connectivity index (χ3v) is 13.3. The Bertz CT molecular complexity index is 2790. The highest BCUT2D eigenvalue weighted by Crippen LogP contribution is 2.42. The summed E-state index contributed by atoms with van der Waals surface area (Å²) in [6.45, 7) is 6.52. The number of esters is 1. The molecule has 7 aromatic carbocycles. The van der Waals surface area contributed by atoms with Crippen molar-refractivity contribution in [2.45, 2.75) is 108 Å². The van der Waals surface area contributed by atoms with E-state index >= 15 is 0 Å². The molecule has 2 fully saturated rings. The summed E-state index contributed by atoms with van der Waals surface area (Å²) in [5, 5.41) is 0. The van der Waals surface area contributed by atoms with Gasteiger partial charge in [0.05, 0.1) is 52.9 Å². The minimum atomic E-state index is -1.83. The molecular formula is C65H68O12. The molecule has 0 spiro atoms. The summed E-state index contributed by atoms with van der Waals surface area (Å²) in [7, 11) is 0. The number of hydrogen-bond acceptors (Lipinski definition) is 12. The minimum absolute atomic E-state index is 0.0827. The van der Waals surface area contributed by atoms with Gasteiger partial charge in [0, 0.05) is 5.57 Å². The molecule has 0 saturated carbocycles. The maximum absolute atomic E-state index is 13.2. The van der Waals surface area contributed by atoms with Gasteiger partial charge in [-0.25, -0.2) is 4.79 Å². The van der Waals surface area contributed by atoms with Crippen LogP contribution < -0.4 is 0 Å². The number of carbonyl (C=O) groups excluding carboxylic acids is 1. The second-order valence-electron chi connectivity index (χ2n) is 19.2. The van der Waals surface area contributed by atoms with Gasteiger partial charge in [-0.15, -0.1) is 0 Å².